The number of aromatic nitrogens is 2. The average Bonchev–Trinajstić information content (AvgIpc) is 2.61. The van der Waals surface area contributed by atoms with E-state index in [2.05, 4.69) is 9.97 Å². The van der Waals surface area contributed by atoms with Crippen LogP contribution in [0.2, 0.25) is 0 Å². The lowest BCUT2D eigenvalue weighted by Gasteiger charge is -1.99. The van der Waals surface area contributed by atoms with Crippen LogP contribution in [0.5, 0.6) is 0 Å². The van der Waals surface area contributed by atoms with Gasteiger partial charge in [0.15, 0.2) is 5.78 Å². The highest BCUT2D eigenvalue weighted by Gasteiger charge is 2.14. The van der Waals surface area contributed by atoms with Gasteiger partial charge in [0.2, 0.25) is 0 Å². The quantitative estimate of drug-likeness (QED) is 0.782. The summed E-state index contributed by atoms with van der Waals surface area (Å²) in [4.78, 5) is 21.3. The van der Waals surface area contributed by atoms with Gasteiger partial charge in [-0.3, -0.25) is 9.78 Å². The number of rotatable bonds is 3. The molecule has 0 aliphatic heterocycles. The van der Waals surface area contributed by atoms with E-state index in [-0.39, 0.29) is 5.78 Å². The molecule has 17 heavy (non-hydrogen) atoms. The van der Waals surface area contributed by atoms with Crippen LogP contribution in [0, 0.1) is 20.8 Å². The first-order valence-electron chi connectivity index (χ1n) is 5.45. The minimum absolute atomic E-state index is 0.101. The number of aryl methyl sites for hydroxylation is 3. The van der Waals surface area contributed by atoms with Crippen LogP contribution in [0.25, 0.3) is 0 Å². The molecule has 88 valence electrons. The third-order valence-corrected chi connectivity index (χ3v) is 3.58. The van der Waals surface area contributed by atoms with Crippen molar-refractivity contribution in [3.05, 3.63) is 45.2 Å². The molecule has 0 saturated carbocycles. The summed E-state index contributed by atoms with van der Waals surface area (Å²) in [6.45, 7) is 5.77. The minimum Gasteiger partial charge on any atom is -0.293 e. The molecule has 0 fully saturated rings. The third kappa shape index (κ3) is 2.77. The molecule has 0 aliphatic carbocycles. The molecule has 0 atom stereocenters. The van der Waals surface area contributed by atoms with E-state index in [1.165, 1.54) is 11.3 Å². The van der Waals surface area contributed by atoms with Gasteiger partial charge in [0.1, 0.15) is 0 Å². The van der Waals surface area contributed by atoms with Crippen molar-refractivity contribution in [2.45, 2.75) is 27.2 Å². The van der Waals surface area contributed by atoms with Crippen molar-refractivity contribution in [2.24, 2.45) is 0 Å². The molecule has 2 rings (SSSR count). The summed E-state index contributed by atoms with van der Waals surface area (Å²) >= 11 is 1.46. The summed E-state index contributed by atoms with van der Waals surface area (Å²) in [6.07, 6.45) is 2.14. The van der Waals surface area contributed by atoms with Crippen LogP contribution in [0.15, 0.2) is 18.3 Å². The SMILES string of the molecule is Cc1ccc(CC(=O)c2sc(C)nc2C)nc1. The van der Waals surface area contributed by atoms with Crippen molar-refractivity contribution < 1.29 is 4.79 Å². The Kier molecular flexibility index (Phi) is 3.33. The highest BCUT2D eigenvalue weighted by atomic mass is 32.1. The van der Waals surface area contributed by atoms with E-state index >= 15 is 0 Å². The molecule has 0 aromatic carbocycles. The van der Waals surface area contributed by atoms with E-state index in [0.717, 1.165) is 26.8 Å². The highest BCUT2D eigenvalue weighted by Crippen LogP contribution is 2.19. The molecular weight excluding hydrogens is 232 g/mol. The predicted molar refractivity (Wildman–Crippen MR) is 68.6 cm³/mol. The molecule has 0 N–H and O–H groups in total. The van der Waals surface area contributed by atoms with Gasteiger partial charge in [-0.05, 0) is 32.4 Å². The molecule has 2 heterocycles. The zero-order valence-electron chi connectivity index (χ0n) is 10.2. The van der Waals surface area contributed by atoms with Gasteiger partial charge in [-0.25, -0.2) is 4.98 Å². The second kappa shape index (κ2) is 4.75. The predicted octanol–water partition coefficient (Wildman–Crippen LogP) is 2.89. The molecule has 2 aromatic rings. The molecule has 0 amide bonds. The lowest BCUT2D eigenvalue weighted by molar-refractivity contribution is 0.0995. The summed E-state index contributed by atoms with van der Waals surface area (Å²) in [5.41, 5.74) is 2.74. The van der Waals surface area contributed by atoms with Crippen molar-refractivity contribution in [3.63, 3.8) is 0 Å². The number of thiazole rings is 1. The molecule has 4 heteroatoms. The largest absolute Gasteiger partial charge is 0.293 e. The Hall–Kier alpha value is -1.55. The number of nitrogens with zero attached hydrogens (tertiary/aromatic N) is 2. The van der Waals surface area contributed by atoms with Gasteiger partial charge in [0.25, 0.3) is 0 Å². The van der Waals surface area contributed by atoms with Crippen LogP contribution in [-0.2, 0) is 6.42 Å². The van der Waals surface area contributed by atoms with E-state index in [1.807, 2.05) is 32.9 Å². The Morgan fingerprint density at radius 2 is 2.06 bits per heavy atom. The molecule has 0 unspecified atom stereocenters. The lowest BCUT2D eigenvalue weighted by atomic mass is 10.1. The Morgan fingerprint density at radius 1 is 1.29 bits per heavy atom. The van der Waals surface area contributed by atoms with Crippen LogP contribution < -0.4 is 0 Å². The Labute approximate surface area is 105 Å². The summed E-state index contributed by atoms with van der Waals surface area (Å²) in [5.74, 6) is 0.101. The number of Topliss-reactive ketones (excluding diaryl/α,β-unsaturated/α-hetero) is 1. The summed E-state index contributed by atoms with van der Waals surface area (Å²) in [7, 11) is 0. The molecule has 0 aliphatic rings. The van der Waals surface area contributed by atoms with E-state index in [1.54, 1.807) is 6.20 Å². The zero-order chi connectivity index (χ0) is 12.4. The maximum atomic E-state index is 12.1. The second-order valence-corrected chi connectivity index (χ2v) is 5.28. The van der Waals surface area contributed by atoms with Crippen LogP contribution in [0.1, 0.15) is 31.6 Å². The van der Waals surface area contributed by atoms with E-state index in [9.17, 15) is 4.79 Å². The fourth-order valence-corrected chi connectivity index (χ4v) is 2.50. The maximum Gasteiger partial charge on any atom is 0.180 e. The number of carbonyl (C=O) groups excluding carboxylic acids is 1. The summed E-state index contributed by atoms with van der Waals surface area (Å²) < 4.78 is 0. The van der Waals surface area contributed by atoms with E-state index < -0.39 is 0 Å². The summed E-state index contributed by atoms with van der Waals surface area (Å²) in [6, 6.07) is 3.87. The van der Waals surface area contributed by atoms with Crippen molar-refractivity contribution in [3.8, 4) is 0 Å². The van der Waals surface area contributed by atoms with Crippen molar-refractivity contribution >= 4 is 17.1 Å². The van der Waals surface area contributed by atoms with Gasteiger partial charge in [-0.2, -0.15) is 0 Å². The molecule has 0 spiro atoms. The number of carbonyl (C=O) groups is 1. The topological polar surface area (TPSA) is 42.9 Å². The highest BCUT2D eigenvalue weighted by molar-refractivity contribution is 7.13. The van der Waals surface area contributed by atoms with Gasteiger partial charge in [0, 0.05) is 11.9 Å². The molecule has 0 bridgehead atoms. The number of hydrogen-bond acceptors (Lipinski definition) is 4. The van der Waals surface area contributed by atoms with Crippen LogP contribution in [-0.4, -0.2) is 15.8 Å². The fraction of sp³-hybridized carbons (Fsp3) is 0.308. The molecule has 0 saturated heterocycles. The Bertz CT molecular complexity index is 543. The van der Waals surface area contributed by atoms with Gasteiger partial charge in [-0.15, -0.1) is 11.3 Å². The van der Waals surface area contributed by atoms with Crippen LogP contribution >= 0.6 is 11.3 Å². The lowest BCUT2D eigenvalue weighted by Crippen LogP contribution is -2.04. The normalized spacial score (nSPS) is 10.5. The minimum atomic E-state index is 0.101. The van der Waals surface area contributed by atoms with Gasteiger partial charge < -0.3 is 0 Å². The molecule has 0 radical (unpaired) electrons. The number of pyridine rings is 1. The van der Waals surface area contributed by atoms with Gasteiger partial charge >= 0.3 is 0 Å². The molecule has 3 nitrogen and oxygen atoms in total. The third-order valence-electron chi connectivity index (χ3n) is 2.47. The number of ketones is 1. The van der Waals surface area contributed by atoms with Crippen LogP contribution in [0.4, 0.5) is 0 Å². The van der Waals surface area contributed by atoms with Crippen molar-refractivity contribution in [1.82, 2.24) is 9.97 Å². The zero-order valence-corrected chi connectivity index (χ0v) is 11.0. The monoisotopic (exact) mass is 246 g/mol. The smallest absolute Gasteiger partial charge is 0.180 e. The maximum absolute atomic E-state index is 12.1. The van der Waals surface area contributed by atoms with Gasteiger partial charge in [0.05, 0.1) is 22.0 Å². The van der Waals surface area contributed by atoms with Gasteiger partial charge in [-0.1, -0.05) is 6.07 Å². The first-order chi connectivity index (χ1) is 8.06. The van der Waals surface area contributed by atoms with Crippen molar-refractivity contribution in [1.29, 1.82) is 0 Å². The Morgan fingerprint density at radius 3 is 2.59 bits per heavy atom. The standard InChI is InChI=1S/C13H14N2OS/c1-8-4-5-11(14-7-8)6-12(16)13-9(2)15-10(3)17-13/h4-5,7H,6H2,1-3H3. The number of hydrogen-bond donors (Lipinski definition) is 0. The average molecular weight is 246 g/mol. The summed E-state index contributed by atoms with van der Waals surface area (Å²) in [5, 5.41) is 0.933. The van der Waals surface area contributed by atoms with Crippen LogP contribution in [0.3, 0.4) is 0 Å². The molecular formula is C13H14N2OS. The first-order valence-corrected chi connectivity index (χ1v) is 6.26. The fourth-order valence-electron chi connectivity index (χ4n) is 1.64. The van der Waals surface area contributed by atoms with E-state index in [4.69, 9.17) is 0 Å². The van der Waals surface area contributed by atoms with Crippen molar-refractivity contribution in [2.75, 3.05) is 0 Å². The second-order valence-electron chi connectivity index (χ2n) is 4.07. The Balaban J connectivity index is 2.17. The molecule has 2 aromatic heterocycles. The van der Waals surface area contributed by atoms with E-state index in [0.29, 0.717) is 6.42 Å². The first kappa shape index (κ1) is 11.9.